The number of anilines is 2. The molecule has 0 aliphatic rings. The maximum absolute atomic E-state index is 12.5. The van der Waals surface area contributed by atoms with Gasteiger partial charge in [-0.05, 0) is 32.9 Å². The molecule has 21 heavy (non-hydrogen) atoms. The third kappa shape index (κ3) is 3.16. The normalized spacial score (nSPS) is 10.7. The van der Waals surface area contributed by atoms with Crippen LogP contribution in [0.15, 0.2) is 30.5 Å². The maximum Gasteiger partial charge on any atom is 0.262 e. The number of amides is 1. The molecule has 3 N–H and O–H groups in total. The number of carbonyl (C=O) groups excluding carboxylic acids is 1. The van der Waals surface area contributed by atoms with Crippen molar-refractivity contribution in [3.63, 3.8) is 0 Å². The van der Waals surface area contributed by atoms with Crippen LogP contribution in [0.1, 0.15) is 37.2 Å². The Morgan fingerprint density at radius 3 is 2.86 bits per heavy atom. The first kappa shape index (κ1) is 14.9. The molecule has 0 saturated heterocycles. The monoisotopic (exact) mass is 288 g/mol. The molecule has 1 heterocycles. The first-order valence-corrected chi connectivity index (χ1v) is 6.90. The Labute approximate surface area is 123 Å². The van der Waals surface area contributed by atoms with E-state index in [4.69, 9.17) is 10.5 Å². The first-order chi connectivity index (χ1) is 10.0. The highest BCUT2D eigenvalue weighted by Crippen LogP contribution is 2.26. The Morgan fingerprint density at radius 1 is 1.43 bits per heavy atom. The van der Waals surface area contributed by atoms with E-state index in [-0.39, 0.29) is 11.9 Å². The van der Waals surface area contributed by atoms with Gasteiger partial charge in [-0.2, -0.15) is 5.10 Å². The molecule has 0 spiro atoms. The summed E-state index contributed by atoms with van der Waals surface area (Å²) in [6.07, 6.45) is 1.65. The van der Waals surface area contributed by atoms with Gasteiger partial charge < -0.3 is 15.8 Å². The largest absolute Gasteiger partial charge is 0.493 e. The summed E-state index contributed by atoms with van der Waals surface area (Å²) in [5, 5.41) is 7.01. The van der Waals surface area contributed by atoms with E-state index in [2.05, 4.69) is 10.4 Å². The summed E-state index contributed by atoms with van der Waals surface area (Å²) in [5.74, 6) is 0.797. The molecule has 0 bridgehead atoms. The molecule has 0 atom stereocenters. The Hall–Kier alpha value is -2.50. The number of nitrogens with zero attached hydrogens (tertiary/aromatic N) is 2. The SMILES string of the molecule is CCOc1cccc(N)c1C(=O)Nc1ccnn1C(C)C. The average Bonchev–Trinajstić information content (AvgIpc) is 2.87. The molecule has 0 aliphatic heterocycles. The Bertz CT molecular complexity index is 634. The van der Waals surface area contributed by atoms with Gasteiger partial charge in [-0.3, -0.25) is 4.79 Å². The predicted molar refractivity (Wildman–Crippen MR) is 82.6 cm³/mol. The third-order valence-electron chi connectivity index (χ3n) is 2.99. The number of ether oxygens (including phenoxy) is 1. The minimum atomic E-state index is -0.307. The maximum atomic E-state index is 12.5. The molecule has 0 fully saturated rings. The number of nitrogen functional groups attached to an aromatic ring is 1. The van der Waals surface area contributed by atoms with Crippen LogP contribution in [0.4, 0.5) is 11.5 Å². The van der Waals surface area contributed by atoms with Crippen LogP contribution in [0.5, 0.6) is 5.75 Å². The fraction of sp³-hybridized carbons (Fsp3) is 0.333. The van der Waals surface area contributed by atoms with Crippen LogP contribution in [0.2, 0.25) is 0 Å². The lowest BCUT2D eigenvalue weighted by molar-refractivity contribution is 0.102. The predicted octanol–water partition coefficient (Wildman–Crippen LogP) is 2.70. The first-order valence-electron chi connectivity index (χ1n) is 6.90. The van der Waals surface area contributed by atoms with Gasteiger partial charge in [0.15, 0.2) is 0 Å². The van der Waals surface area contributed by atoms with Crippen molar-refractivity contribution in [2.45, 2.75) is 26.8 Å². The summed E-state index contributed by atoms with van der Waals surface area (Å²) < 4.78 is 7.21. The van der Waals surface area contributed by atoms with Gasteiger partial charge in [0.05, 0.1) is 12.8 Å². The molecular formula is C15H20N4O2. The zero-order valence-corrected chi connectivity index (χ0v) is 12.5. The van der Waals surface area contributed by atoms with Crippen LogP contribution < -0.4 is 15.8 Å². The van der Waals surface area contributed by atoms with Crippen LogP contribution in [-0.2, 0) is 0 Å². The minimum Gasteiger partial charge on any atom is -0.493 e. The summed E-state index contributed by atoms with van der Waals surface area (Å²) in [6, 6.07) is 7.06. The highest BCUT2D eigenvalue weighted by Gasteiger charge is 2.18. The van der Waals surface area contributed by atoms with Crippen molar-refractivity contribution in [1.29, 1.82) is 0 Å². The molecule has 0 saturated carbocycles. The highest BCUT2D eigenvalue weighted by molar-refractivity contribution is 6.09. The fourth-order valence-electron chi connectivity index (χ4n) is 2.07. The van der Waals surface area contributed by atoms with Gasteiger partial charge in [-0.1, -0.05) is 6.07 Å². The topological polar surface area (TPSA) is 82.2 Å². The fourth-order valence-corrected chi connectivity index (χ4v) is 2.07. The van der Waals surface area contributed by atoms with E-state index < -0.39 is 0 Å². The number of nitrogens with two attached hydrogens (primary N) is 1. The zero-order valence-electron chi connectivity index (χ0n) is 12.5. The standard InChI is InChI=1S/C15H20N4O2/c1-4-21-12-7-5-6-11(16)14(12)15(20)18-13-8-9-17-19(13)10(2)3/h5-10H,4,16H2,1-3H3,(H,18,20). The van der Waals surface area contributed by atoms with Gasteiger partial charge >= 0.3 is 0 Å². The molecule has 112 valence electrons. The molecule has 2 aromatic rings. The van der Waals surface area contributed by atoms with Crippen molar-refractivity contribution in [3.8, 4) is 5.75 Å². The molecule has 6 heteroatoms. The second kappa shape index (κ2) is 6.30. The summed E-state index contributed by atoms with van der Waals surface area (Å²) in [7, 11) is 0. The molecule has 1 aromatic carbocycles. The van der Waals surface area contributed by atoms with Crippen molar-refractivity contribution >= 4 is 17.4 Å². The minimum absolute atomic E-state index is 0.148. The number of rotatable bonds is 5. The van der Waals surface area contributed by atoms with E-state index in [1.807, 2.05) is 20.8 Å². The number of hydrogen-bond acceptors (Lipinski definition) is 4. The number of nitrogens with one attached hydrogen (secondary N) is 1. The molecule has 0 aliphatic carbocycles. The number of hydrogen-bond donors (Lipinski definition) is 2. The van der Waals surface area contributed by atoms with Crippen molar-refractivity contribution in [2.75, 3.05) is 17.7 Å². The molecule has 0 radical (unpaired) electrons. The number of carbonyl (C=O) groups is 1. The van der Waals surface area contributed by atoms with E-state index in [1.165, 1.54) is 0 Å². The summed E-state index contributed by atoms with van der Waals surface area (Å²) in [4.78, 5) is 12.5. The van der Waals surface area contributed by atoms with Crippen molar-refractivity contribution in [2.24, 2.45) is 0 Å². The number of benzene rings is 1. The van der Waals surface area contributed by atoms with E-state index in [9.17, 15) is 4.79 Å². The highest BCUT2D eigenvalue weighted by atomic mass is 16.5. The van der Waals surface area contributed by atoms with E-state index in [1.54, 1.807) is 35.1 Å². The van der Waals surface area contributed by atoms with Gasteiger partial charge in [-0.15, -0.1) is 0 Å². The van der Waals surface area contributed by atoms with Gasteiger partial charge in [0, 0.05) is 17.8 Å². The second-order valence-corrected chi connectivity index (χ2v) is 4.86. The zero-order chi connectivity index (χ0) is 15.4. The summed E-state index contributed by atoms with van der Waals surface area (Å²) in [5.41, 5.74) is 6.64. The van der Waals surface area contributed by atoms with E-state index in [0.717, 1.165) is 0 Å². The van der Waals surface area contributed by atoms with Gasteiger partial charge in [0.2, 0.25) is 0 Å². The number of aromatic nitrogens is 2. The lowest BCUT2D eigenvalue weighted by atomic mass is 10.1. The van der Waals surface area contributed by atoms with Crippen LogP contribution >= 0.6 is 0 Å². The van der Waals surface area contributed by atoms with E-state index in [0.29, 0.717) is 29.4 Å². The van der Waals surface area contributed by atoms with Crippen LogP contribution in [0.25, 0.3) is 0 Å². The summed E-state index contributed by atoms with van der Waals surface area (Å²) >= 11 is 0. The molecular weight excluding hydrogens is 268 g/mol. The lowest BCUT2D eigenvalue weighted by Gasteiger charge is -2.14. The van der Waals surface area contributed by atoms with E-state index >= 15 is 0 Å². The molecule has 1 amide bonds. The van der Waals surface area contributed by atoms with Crippen LogP contribution in [0, 0.1) is 0 Å². The Kier molecular flexibility index (Phi) is 4.47. The Balaban J connectivity index is 2.30. The smallest absolute Gasteiger partial charge is 0.262 e. The van der Waals surface area contributed by atoms with Gasteiger partial charge in [-0.25, -0.2) is 4.68 Å². The van der Waals surface area contributed by atoms with Crippen molar-refractivity contribution in [1.82, 2.24) is 9.78 Å². The van der Waals surface area contributed by atoms with Crippen LogP contribution in [-0.4, -0.2) is 22.3 Å². The molecule has 2 rings (SSSR count). The quantitative estimate of drug-likeness (QED) is 0.829. The lowest BCUT2D eigenvalue weighted by Crippen LogP contribution is -2.19. The molecule has 6 nitrogen and oxygen atoms in total. The van der Waals surface area contributed by atoms with Crippen molar-refractivity contribution < 1.29 is 9.53 Å². The van der Waals surface area contributed by atoms with Gasteiger partial charge in [0.1, 0.15) is 17.1 Å². The average molecular weight is 288 g/mol. The third-order valence-corrected chi connectivity index (χ3v) is 2.99. The van der Waals surface area contributed by atoms with Crippen molar-refractivity contribution in [3.05, 3.63) is 36.0 Å². The Morgan fingerprint density at radius 2 is 2.19 bits per heavy atom. The molecule has 1 aromatic heterocycles. The summed E-state index contributed by atoms with van der Waals surface area (Å²) in [6.45, 7) is 6.31. The van der Waals surface area contributed by atoms with Crippen LogP contribution in [0.3, 0.4) is 0 Å². The molecule has 0 unspecified atom stereocenters. The second-order valence-electron chi connectivity index (χ2n) is 4.86. The van der Waals surface area contributed by atoms with Gasteiger partial charge in [0.25, 0.3) is 5.91 Å².